The van der Waals surface area contributed by atoms with Crippen LogP contribution in [0.5, 0.6) is 0 Å². The van der Waals surface area contributed by atoms with Crippen LogP contribution in [-0.4, -0.2) is 33.9 Å². The molecule has 1 heterocycles. The van der Waals surface area contributed by atoms with E-state index in [4.69, 9.17) is 0 Å². The molecule has 0 aliphatic rings. The summed E-state index contributed by atoms with van der Waals surface area (Å²) in [5.41, 5.74) is 2.53. The summed E-state index contributed by atoms with van der Waals surface area (Å²) in [6.45, 7) is 0.557. The van der Waals surface area contributed by atoms with Gasteiger partial charge in [-0.2, -0.15) is 5.10 Å². The van der Waals surface area contributed by atoms with Crippen LogP contribution in [0.2, 0.25) is 0 Å². The van der Waals surface area contributed by atoms with Crippen LogP contribution in [0.4, 0.5) is 0 Å². The highest BCUT2D eigenvalue weighted by Crippen LogP contribution is 2.18. The van der Waals surface area contributed by atoms with Gasteiger partial charge in [0, 0.05) is 25.3 Å². The molecular formula is C20H21N3O2. The van der Waals surface area contributed by atoms with Crippen LogP contribution in [0.3, 0.4) is 0 Å². The largest absolute Gasteiger partial charge is 0.396 e. The summed E-state index contributed by atoms with van der Waals surface area (Å²) >= 11 is 0. The monoisotopic (exact) mass is 335 g/mol. The summed E-state index contributed by atoms with van der Waals surface area (Å²) in [5, 5.41) is 16.5. The Hall–Kier alpha value is -2.92. The average molecular weight is 335 g/mol. The Bertz CT molecular complexity index is 800. The molecule has 1 aromatic heterocycles. The highest BCUT2D eigenvalue weighted by atomic mass is 16.3. The zero-order chi connectivity index (χ0) is 17.5. The van der Waals surface area contributed by atoms with Crippen molar-refractivity contribution in [2.24, 2.45) is 0 Å². The highest BCUT2D eigenvalue weighted by Gasteiger charge is 2.14. The van der Waals surface area contributed by atoms with Crippen molar-refractivity contribution in [2.45, 2.75) is 12.3 Å². The fourth-order valence-corrected chi connectivity index (χ4v) is 2.75. The first kappa shape index (κ1) is 16.9. The van der Waals surface area contributed by atoms with Crippen molar-refractivity contribution in [3.05, 3.63) is 84.2 Å². The van der Waals surface area contributed by atoms with Crippen LogP contribution in [0.15, 0.2) is 73.1 Å². The fraction of sp³-hybridized carbons (Fsp3) is 0.200. The van der Waals surface area contributed by atoms with E-state index in [9.17, 15) is 9.90 Å². The number of amides is 1. The third-order valence-electron chi connectivity index (χ3n) is 4.12. The molecule has 25 heavy (non-hydrogen) atoms. The molecule has 2 aromatic carbocycles. The molecule has 3 aromatic rings. The molecule has 0 fully saturated rings. The number of aromatic nitrogens is 2. The Balaban J connectivity index is 1.65. The molecule has 0 radical (unpaired) electrons. The lowest BCUT2D eigenvalue weighted by Crippen LogP contribution is -2.28. The second-order valence-electron chi connectivity index (χ2n) is 5.84. The summed E-state index contributed by atoms with van der Waals surface area (Å²) in [4.78, 5) is 12.4. The standard InChI is InChI=1S/C20H21N3O2/c24-12-11-17(16-7-3-1-4-8-16)13-21-20(25)18-14-22-23(15-18)19-9-5-2-6-10-19/h1-10,14-15,17,24H,11-13H2,(H,21,25). The first-order valence-electron chi connectivity index (χ1n) is 8.32. The summed E-state index contributed by atoms with van der Waals surface area (Å²) in [7, 11) is 0. The first-order valence-corrected chi connectivity index (χ1v) is 8.32. The van der Waals surface area contributed by atoms with Gasteiger partial charge in [0.1, 0.15) is 0 Å². The number of nitrogens with zero attached hydrogens (tertiary/aromatic N) is 2. The zero-order valence-electron chi connectivity index (χ0n) is 13.9. The summed E-state index contributed by atoms with van der Waals surface area (Å²) in [6, 6.07) is 19.6. The lowest BCUT2D eigenvalue weighted by molar-refractivity contribution is 0.0949. The summed E-state index contributed by atoms with van der Waals surface area (Å²) in [5.74, 6) is -0.0830. The number of para-hydroxylation sites is 1. The maximum absolute atomic E-state index is 12.4. The van der Waals surface area contributed by atoms with Gasteiger partial charge in [-0.15, -0.1) is 0 Å². The van der Waals surface area contributed by atoms with Crippen molar-refractivity contribution in [3.63, 3.8) is 0 Å². The number of rotatable bonds is 7. The van der Waals surface area contributed by atoms with E-state index in [1.54, 1.807) is 17.1 Å². The number of hydrogen-bond acceptors (Lipinski definition) is 3. The van der Waals surface area contributed by atoms with E-state index in [0.717, 1.165) is 11.3 Å². The van der Waals surface area contributed by atoms with Gasteiger partial charge in [-0.1, -0.05) is 48.5 Å². The highest BCUT2D eigenvalue weighted by molar-refractivity contribution is 5.93. The maximum Gasteiger partial charge on any atom is 0.254 e. The summed E-state index contributed by atoms with van der Waals surface area (Å²) < 4.78 is 1.68. The molecule has 5 heteroatoms. The van der Waals surface area contributed by atoms with Gasteiger partial charge >= 0.3 is 0 Å². The number of benzene rings is 2. The Morgan fingerprint density at radius 3 is 2.44 bits per heavy atom. The van der Waals surface area contributed by atoms with Crippen LogP contribution in [0.1, 0.15) is 28.3 Å². The molecule has 0 aliphatic carbocycles. The van der Waals surface area contributed by atoms with Gasteiger partial charge in [-0.25, -0.2) is 4.68 Å². The third-order valence-corrected chi connectivity index (χ3v) is 4.12. The van der Waals surface area contributed by atoms with E-state index in [1.807, 2.05) is 60.7 Å². The van der Waals surface area contributed by atoms with Gasteiger partial charge in [-0.3, -0.25) is 4.79 Å². The number of carbonyl (C=O) groups excluding carboxylic acids is 1. The predicted octanol–water partition coefficient (Wildman–Crippen LogP) is 2.77. The van der Waals surface area contributed by atoms with Crippen molar-refractivity contribution in [1.82, 2.24) is 15.1 Å². The second kappa shape index (κ2) is 8.26. The molecule has 1 amide bonds. The quantitative estimate of drug-likeness (QED) is 0.698. The zero-order valence-corrected chi connectivity index (χ0v) is 13.9. The molecule has 5 nitrogen and oxygen atoms in total. The normalized spacial score (nSPS) is 11.9. The van der Waals surface area contributed by atoms with Crippen LogP contribution in [0, 0.1) is 0 Å². The first-order chi connectivity index (χ1) is 12.3. The smallest absolute Gasteiger partial charge is 0.254 e. The van der Waals surface area contributed by atoms with E-state index in [0.29, 0.717) is 18.5 Å². The van der Waals surface area contributed by atoms with Gasteiger partial charge in [0.15, 0.2) is 0 Å². The van der Waals surface area contributed by atoms with E-state index < -0.39 is 0 Å². The number of aliphatic hydroxyl groups is 1. The van der Waals surface area contributed by atoms with Crippen molar-refractivity contribution >= 4 is 5.91 Å². The van der Waals surface area contributed by atoms with Crippen molar-refractivity contribution < 1.29 is 9.90 Å². The van der Waals surface area contributed by atoms with Crippen molar-refractivity contribution in [1.29, 1.82) is 0 Å². The van der Waals surface area contributed by atoms with E-state index >= 15 is 0 Å². The molecule has 1 unspecified atom stereocenters. The predicted molar refractivity (Wildman–Crippen MR) is 96.8 cm³/mol. The number of hydrogen-bond donors (Lipinski definition) is 2. The molecule has 3 rings (SSSR count). The van der Waals surface area contributed by atoms with Gasteiger partial charge in [-0.05, 0) is 24.1 Å². The van der Waals surface area contributed by atoms with Crippen LogP contribution < -0.4 is 5.32 Å². The lowest BCUT2D eigenvalue weighted by Gasteiger charge is -2.16. The number of nitrogens with one attached hydrogen (secondary N) is 1. The molecule has 0 aliphatic heterocycles. The molecule has 0 spiro atoms. The molecule has 128 valence electrons. The molecule has 0 saturated carbocycles. The second-order valence-corrected chi connectivity index (χ2v) is 5.84. The van der Waals surface area contributed by atoms with Crippen molar-refractivity contribution in [3.8, 4) is 5.69 Å². The van der Waals surface area contributed by atoms with Gasteiger partial charge in [0.25, 0.3) is 5.91 Å². The van der Waals surface area contributed by atoms with Gasteiger partial charge < -0.3 is 10.4 Å². The molecule has 0 bridgehead atoms. The molecule has 2 N–H and O–H groups in total. The molecule has 1 atom stereocenters. The third kappa shape index (κ3) is 4.33. The topological polar surface area (TPSA) is 67.2 Å². The SMILES string of the molecule is O=C(NCC(CCO)c1ccccc1)c1cnn(-c2ccccc2)c1. The minimum atomic E-state index is -0.166. The van der Waals surface area contributed by atoms with E-state index in [-0.39, 0.29) is 18.4 Å². The Labute approximate surface area is 146 Å². The maximum atomic E-state index is 12.4. The van der Waals surface area contributed by atoms with Crippen molar-refractivity contribution in [2.75, 3.05) is 13.2 Å². The van der Waals surface area contributed by atoms with Gasteiger partial charge in [0.2, 0.25) is 0 Å². The van der Waals surface area contributed by atoms with E-state index in [1.165, 1.54) is 0 Å². The number of aliphatic hydroxyl groups excluding tert-OH is 1. The number of carbonyl (C=O) groups is 1. The van der Waals surface area contributed by atoms with Crippen LogP contribution >= 0.6 is 0 Å². The molecular weight excluding hydrogens is 314 g/mol. The Morgan fingerprint density at radius 1 is 1.08 bits per heavy atom. The fourth-order valence-electron chi connectivity index (χ4n) is 2.75. The minimum absolute atomic E-state index is 0.0827. The lowest BCUT2D eigenvalue weighted by atomic mass is 9.96. The average Bonchev–Trinajstić information content (AvgIpc) is 3.16. The Kier molecular flexibility index (Phi) is 5.59. The summed E-state index contributed by atoms with van der Waals surface area (Å²) in [6.07, 6.45) is 3.88. The Morgan fingerprint density at radius 2 is 1.76 bits per heavy atom. The van der Waals surface area contributed by atoms with Crippen LogP contribution in [0.25, 0.3) is 5.69 Å². The minimum Gasteiger partial charge on any atom is -0.396 e. The molecule has 0 saturated heterocycles. The van der Waals surface area contributed by atoms with Gasteiger partial charge in [0.05, 0.1) is 17.4 Å². The van der Waals surface area contributed by atoms with Crippen LogP contribution in [-0.2, 0) is 0 Å². The van der Waals surface area contributed by atoms with E-state index in [2.05, 4.69) is 10.4 Å².